The maximum Gasteiger partial charge on any atom is 0.137 e. The van der Waals surface area contributed by atoms with Crippen LogP contribution in [0.5, 0.6) is 0 Å². The van der Waals surface area contributed by atoms with Crippen molar-refractivity contribution in [2.24, 2.45) is 5.92 Å². The van der Waals surface area contributed by atoms with E-state index in [9.17, 15) is 4.79 Å². The van der Waals surface area contributed by atoms with Crippen LogP contribution in [0.4, 0.5) is 0 Å². The summed E-state index contributed by atoms with van der Waals surface area (Å²) in [7, 11) is 2.22. The Balaban J connectivity index is 1.84. The molecule has 2 fully saturated rings. The summed E-state index contributed by atoms with van der Waals surface area (Å²) in [6.07, 6.45) is 5.54. The third-order valence-electron chi connectivity index (χ3n) is 4.49. The van der Waals surface area contributed by atoms with E-state index in [0.717, 1.165) is 45.4 Å². The Kier molecular flexibility index (Phi) is 4.57. The van der Waals surface area contributed by atoms with Gasteiger partial charge < -0.3 is 4.90 Å². The average Bonchev–Trinajstić information content (AvgIpc) is 2.34. The molecule has 17 heavy (non-hydrogen) atoms. The van der Waals surface area contributed by atoms with Crippen LogP contribution in [0.2, 0.25) is 0 Å². The molecule has 0 radical (unpaired) electrons. The van der Waals surface area contributed by atoms with Gasteiger partial charge in [-0.05, 0) is 26.3 Å². The molecule has 0 amide bonds. The van der Waals surface area contributed by atoms with Crippen molar-refractivity contribution < 1.29 is 4.79 Å². The number of rotatable bonds is 3. The number of carbonyl (C=O) groups is 1. The van der Waals surface area contributed by atoms with E-state index in [1.54, 1.807) is 0 Å². The SMILES string of the molecule is CCC1CN(CC2CCCCC2=O)CCN1C. The molecule has 2 unspecified atom stereocenters. The molecule has 2 atom stereocenters. The molecule has 1 saturated carbocycles. The zero-order valence-electron chi connectivity index (χ0n) is 11.3. The second-order valence-electron chi connectivity index (χ2n) is 5.71. The van der Waals surface area contributed by atoms with Crippen LogP contribution in [-0.2, 0) is 4.79 Å². The molecule has 1 aliphatic heterocycles. The zero-order valence-corrected chi connectivity index (χ0v) is 11.3. The molecule has 0 aromatic heterocycles. The fourth-order valence-corrected chi connectivity index (χ4v) is 3.18. The van der Waals surface area contributed by atoms with Crippen molar-refractivity contribution in [3.63, 3.8) is 0 Å². The summed E-state index contributed by atoms with van der Waals surface area (Å²) in [5.41, 5.74) is 0. The number of piperazine rings is 1. The topological polar surface area (TPSA) is 23.6 Å². The molecular weight excluding hydrogens is 212 g/mol. The Hall–Kier alpha value is -0.410. The van der Waals surface area contributed by atoms with Gasteiger partial charge in [-0.15, -0.1) is 0 Å². The van der Waals surface area contributed by atoms with Gasteiger partial charge in [0.15, 0.2) is 0 Å². The maximum absolute atomic E-state index is 11.8. The summed E-state index contributed by atoms with van der Waals surface area (Å²) in [5, 5.41) is 0. The van der Waals surface area contributed by atoms with Gasteiger partial charge in [-0.2, -0.15) is 0 Å². The molecule has 1 heterocycles. The largest absolute Gasteiger partial charge is 0.301 e. The monoisotopic (exact) mass is 238 g/mol. The lowest BCUT2D eigenvalue weighted by molar-refractivity contribution is -0.125. The minimum atomic E-state index is 0.338. The van der Waals surface area contributed by atoms with Crippen molar-refractivity contribution in [2.75, 3.05) is 33.2 Å². The minimum absolute atomic E-state index is 0.338. The molecule has 0 N–H and O–H groups in total. The van der Waals surface area contributed by atoms with E-state index in [1.807, 2.05) is 0 Å². The number of Topliss-reactive ketones (excluding diaryl/α,β-unsaturated/α-hetero) is 1. The standard InChI is InChI=1S/C14H26N2O/c1-3-13-11-16(9-8-15(13)2)10-12-6-4-5-7-14(12)17/h12-13H,3-11H2,1-2H3. The second kappa shape index (κ2) is 5.96. The summed E-state index contributed by atoms with van der Waals surface area (Å²) < 4.78 is 0. The van der Waals surface area contributed by atoms with Gasteiger partial charge >= 0.3 is 0 Å². The molecule has 0 aromatic carbocycles. The quantitative estimate of drug-likeness (QED) is 0.748. The van der Waals surface area contributed by atoms with Gasteiger partial charge in [0.25, 0.3) is 0 Å². The van der Waals surface area contributed by atoms with Crippen molar-refractivity contribution in [3.8, 4) is 0 Å². The van der Waals surface area contributed by atoms with Crippen molar-refractivity contribution >= 4 is 5.78 Å². The highest BCUT2D eigenvalue weighted by Gasteiger charge is 2.28. The molecule has 98 valence electrons. The van der Waals surface area contributed by atoms with Crippen LogP contribution in [-0.4, -0.2) is 54.9 Å². The highest BCUT2D eigenvalue weighted by atomic mass is 16.1. The van der Waals surface area contributed by atoms with Gasteiger partial charge in [0, 0.05) is 44.6 Å². The normalized spacial score (nSPS) is 32.9. The van der Waals surface area contributed by atoms with E-state index >= 15 is 0 Å². The maximum atomic E-state index is 11.8. The Bertz CT molecular complexity index is 267. The summed E-state index contributed by atoms with van der Waals surface area (Å²) in [5.74, 6) is 0.855. The van der Waals surface area contributed by atoms with Gasteiger partial charge in [-0.3, -0.25) is 9.69 Å². The molecule has 3 nitrogen and oxygen atoms in total. The molecule has 2 aliphatic rings. The van der Waals surface area contributed by atoms with Crippen molar-refractivity contribution in [1.82, 2.24) is 9.80 Å². The molecular formula is C14H26N2O. The predicted molar refractivity (Wildman–Crippen MR) is 70.1 cm³/mol. The fraction of sp³-hybridized carbons (Fsp3) is 0.929. The van der Waals surface area contributed by atoms with Crippen LogP contribution in [0.1, 0.15) is 39.0 Å². The van der Waals surface area contributed by atoms with Crippen LogP contribution in [0.15, 0.2) is 0 Å². The van der Waals surface area contributed by atoms with E-state index in [4.69, 9.17) is 0 Å². The van der Waals surface area contributed by atoms with E-state index in [-0.39, 0.29) is 0 Å². The van der Waals surface area contributed by atoms with Crippen LogP contribution in [0.3, 0.4) is 0 Å². The predicted octanol–water partition coefficient (Wildman–Crippen LogP) is 1.77. The number of ketones is 1. The number of likely N-dealkylation sites (N-methyl/N-ethyl adjacent to an activating group) is 1. The van der Waals surface area contributed by atoms with Crippen molar-refractivity contribution in [3.05, 3.63) is 0 Å². The first kappa shape index (κ1) is 13.0. The lowest BCUT2D eigenvalue weighted by Crippen LogP contribution is -2.52. The zero-order chi connectivity index (χ0) is 12.3. The number of nitrogens with zero attached hydrogens (tertiary/aromatic N) is 2. The summed E-state index contributed by atoms with van der Waals surface area (Å²) in [6, 6.07) is 0.683. The van der Waals surface area contributed by atoms with E-state index in [1.165, 1.54) is 12.8 Å². The first-order valence-electron chi connectivity index (χ1n) is 7.16. The lowest BCUT2D eigenvalue weighted by atomic mass is 9.87. The van der Waals surface area contributed by atoms with Gasteiger partial charge in [0.1, 0.15) is 5.78 Å². The van der Waals surface area contributed by atoms with Crippen LogP contribution in [0, 0.1) is 5.92 Å². The van der Waals surface area contributed by atoms with Crippen molar-refractivity contribution in [1.29, 1.82) is 0 Å². The molecule has 3 heteroatoms. The molecule has 0 bridgehead atoms. The fourth-order valence-electron chi connectivity index (χ4n) is 3.18. The summed E-state index contributed by atoms with van der Waals surface area (Å²) in [6.45, 7) is 6.71. The first-order chi connectivity index (χ1) is 8.20. The number of hydrogen-bond donors (Lipinski definition) is 0. The van der Waals surface area contributed by atoms with Gasteiger partial charge in [0.2, 0.25) is 0 Å². The summed E-state index contributed by atoms with van der Waals surface area (Å²) in [4.78, 5) is 16.8. The highest BCUT2D eigenvalue weighted by molar-refractivity contribution is 5.81. The molecule has 0 aromatic rings. The van der Waals surface area contributed by atoms with Gasteiger partial charge in [0.05, 0.1) is 0 Å². The smallest absolute Gasteiger partial charge is 0.137 e. The molecule has 0 spiro atoms. The minimum Gasteiger partial charge on any atom is -0.301 e. The second-order valence-corrected chi connectivity index (χ2v) is 5.71. The molecule has 2 rings (SSSR count). The lowest BCUT2D eigenvalue weighted by Gasteiger charge is -2.40. The Labute approximate surface area is 105 Å². The Morgan fingerprint density at radius 1 is 1.29 bits per heavy atom. The summed E-state index contributed by atoms with van der Waals surface area (Å²) >= 11 is 0. The number of carbonyl (C=O) groups excluding carboxylic acids is 1. The van der Waals surface area contributed by atoms with Crippen LogP contribution < -0.4 is 0 Å². The highest BCUT2D eigenvalue weighted by Crippen LogP contribution is 2.22. The first-order valence-corrected chi connectivity index (χ1v) is 7.16. The Morgan fingerprint density at radius 2 is 2.12 bits per heavy atom. The van der Waals surface area contributed by atoms with Gasteiger partial charge in [-0.1, -0.05) is 13.3 Å². The van der Waals surface area contributed by atoms with Crippen LogP contribution in [0.25, 0.3) is 0 Å². The average molecular weight is 238 g/mol. The Morgan fingerprint density at radius 3 is 2.82 bits per heavy atom. The third-order valence-corrected chi connectivity index (χ3v) is 4.49. The third kappa shape index (κ3) is 3.29. The van der Waals surface area contributed by atoms with E-state index in [0.29, 0.717) is 17.7 Å². The number of hydrogen-bond acceptors (Lipinski definition) is 3. The molecule has 1 aliphatic carbocycles. The van der Waals surface area contributed by atoms with Crippen LogP contribution >= 0.6 is 0 Å². The molecule has 1 saturated heterocycles. The van der Waals surface area contributed by atoms with Gasteiger partial charge in [-0.25, -0.2) is 0 Å². The van der Waals surface area contributed by atoms with E-state index < -0.39 is 0 Å². The van der Waals surface area contributed by atoms with Crippen molar-refractivity contribution in [2.45, 2.75) is 45.1 Å². The van der Waals surface area contributed by atoms with E-state index in [2.05, 4.69) is 23.8 Å².